The smallest absolute Gasteiger partial charge is 0.189 e. The van der Waals surface area contributed by atoms with E-state index in [4.69, 9.17) is 15.2 Å². The summed E-state index contributed by atoms with van der Waals surface area (Å²) in [5.74, 6) is 1.60. The normalized spacial score (nSPS) is 16.9. The van der Waals surface area contributed by atoms with Crippen LogP contribution in [0.5, 0.6) is 5.75 Å². The first kappa shape index (κ1) is 12.4. The molecule has 0 spiro atoms. The van der Waals surface area contributed by atoms with Gasteiger partial charge in [0.15, 0.2) is 6.79 Å². The summed E-state index contributed by atoms with van der Waals surface area (Å²) in [6, 6.07) is 6.05. The second-order valence-corrected chi connectivity index (χ2v) is 4.91. The van der Waals surface area contributed by atoms with E-state index in [0.717, 1.165) is 23.8 Å². The molecule has 2 N–H and O–H groups in total. The minimum atomic E-state index is -0.0201. The molecule has 1 fully saturated rings. The average molecular weight is 235 g/mol. The van der Waals surface area contributed by atoms with Crippen molar-refractivity contribution in [3.63, 3.8) is 0 Å². The monoisotopic (exact) mass is 235 g/mol. The summed E-state index contributed by atoms with van der Waals surface area (Å²) in [6.45, 7) is 5.16. The molecule has 0 saturated heterocycles. The van der Waals surface area contributed by atoms with Gasteiger partial charge in [-0.3, -0.25) is 0 Å². The summed E-state index contributed by atoms with van der Waals surface area (Å²) >= 11 is 0. The Labute approximate surface area is 103 Å². The molecule has 0 heterocycles. The Morgan fingerprint density at radius 1 is 1.41 bits per heavy atom. The average Bonchev–Trinajstić information content (AvgIpc) is 3.09. The topological polar surface area (TPSA) is 44.5 Å². The zero-order chi connectivity index (χ0) is 12.3. The van der Waals surface area contributed by atoms with Gasteiger partial charge in [-0.05, 0) is 38.7 Å². The van der Waals surface area contributed by atoms with Crippen LogP contribution in [0.2, 0.25) is 0 Å². The maximum atomic E-state index is 5.93. The first-order chi connectivity index (χ1) is 8.16. The second-order valence-electron chi connectivity index (χ2n) is 4.91. The quantitative estimate of drug-likeness (QED) is 0.609. The highest BCUT2D eigenvalue weighted by Gasteiger charge is 2.21. The fourth-order valence-corrected chi connectivity index (χ4v) is 1.76. The summed E-state index contributed by atoms with van der Waals surface area (Å²) < 4.78 is 11.1. The minimum Gasteiger partial charge on any atom is -0.467 e. The van der Waals surface area contributed by atoms with Gasteiger partial charge < -0.3 is 15.2 Å². The van der Waals surface area contributed by atoms with Gasteiger partial charge in [0.2, 0.25) is 0 Å². The van der Waals surface area contributed by atoms with Crippen molar-refractivity contribution in [2.75, 3.05) is 13.4 Å². The molecule has 17 heavy (non-hydrogen) atoms. The molecule has 0 aliphatic heterocycles. The third-order valence-electron chi connectivity index (χ3n) is 3.00. The lowest BCUT2D eigenvalue weighted by Crippen LogP contribution is -2.11. The lowest BCUT2D eigenvalue weighted by atomic mass is 10.1. The van der Waals surface area contributed by atoms with Gasteiger partial charge in [-0.25, -0.2) is 0 Å². The molecule has 0 amide bonds. The van der Waals surface area contributed by atoms with Gasteiger partial charge in [0.25, 0.3) is 0 Å². The molecular weight excluding hydrogens is 214 g/mol. The number of nitrogens with two attached hydrogens (primary N) is 1. The van der Waals surface area contributed by atoms with Crippen LogP contribution < -0.4 is 10.5 Å². The van der Waals surface area contributed by atoms with Gasteiger partial charge in [0.1, 0.15) is 5.75 Å². The molecule has 1 aromatic carbocycles. The maximum absolute atomic E-state index is 5.93. The van der Waals surface area contributed by atoms with E-state index in [9.17, 15) is 0 Å². The Hall–Kier alpha value is -1.06. The summed E-state index contributed by atoms with van der Waals surface area (Å²) in [5, 5.41) is 0. The SMILES string of the molecule is Cc1ccc(OCOCC2CC2)c([C@@H](C)N)c1. The molecule has 3 nitrogen and oxygen atoms in total. The third-order valence-corrected chi connectivity index (χ3v) is 3.00. The highest BCUT2D eigenvalue weighted by atomic mass is 16.7. The minimum absolute atomic E-state index is 0.0201. The molecule has 1 saturated carbocycles. The Morgan fingerprint density at radius 2 is 2.18 bits per heavy atom. The van der Waals surface area contributed by atoms with Gasteiger partial charge in [-0.2, -0.15) is 0 Å². The predicted molar refractivity (Wildman–Crippen MR) is 68.0 cm³/mol. The highest BCUT2D eigenvalue weighted by Crippen LogP contribution is 2.29. The molecule has 0 radical (unpaired) electrons. The van der Waals surface area contributed by atoms with Crippen molar-refractivity contribution >= 4 is 0 Å². The summed E-state index contributed by atoms with van der Waals surface area (Å²) in [5.41, 5.74) is 8.16. The number of ether oxygens (including phenoxy) is 2. The van der Waals surface area contributed by atoms with Crippen LogP contribution in [0.25, 0.3) is 0 Å². The van der Waals surface area contributed by atoms with Crippen LogP contribution in [0.4, 0.5) is 0 Å². The van der Waals surface area contributed by atoms with Gasteiger partial charge in [-0.1, -0.05) is 17.7 Å². The van der Waals surface area contributed by atoms with Crippen LogP contribution in [-0.2, 0) is 4.74 Å². The van der Waals surface area contributed by atoms with Crippen molar-refractivity contribution < 1.29 is 9.47 Å². The van der Waals surface area contributed by atoms with E-state index < -0.39 is 0 Å². The molecule has 1 aliphatic carbocycles. The first-order valence-electron chi connectivity index (χ1n) is 6.23. The molecular formula is C14H21NO2. The number of benzene rings is 1. The van der Waals surface area contributed by atoms with E-state index in [0.29, 0.717) is 6.79 Å². The van der Waals surface area contributed by atoms with Crippen LogP contribution in [0, 0.1) is 12.8 Å². The van der Waals surface area contributed by atoms with Crippen molar-refractivity contribution in [3.8, 4) is 5.75 Å². The molecule has 1 aromatic rings. The van der Waals surface area contributed by atoms with E-state index >= 15 is 0 Å². The van der Waals surface area contributed by atoms with E-state index in [1.165, 1.54) is 18.4 Å². The fourth-order valence-electron chi connectivity index (χ4n) is 1.76. The van der Waals surface area contributed by atoms with Crippen LogP contribution >= 0.6 is 0 Å². The predicted octanol–water partition coefficient (Wildman–Crippen LogP) is 2.78. The number of aryl methyl sites for hydroxylation is 1. The number of rotatable bonds is 6. The van der Waals surface area contributed by atoms with Crippen molar-refractivity contribution in [2.24, 2.45) is 11.7 Å². The third kappa shape index (κ3) is 3.72. The lowest BCUT2D eigenvalue weighted by Gasteiger charge is -2.14. The van der Waals surface area contributed by atoms with E-state index in [1.807, 2.05) is 19.1 Å². The Bertz CT molecular complexity index is 372. The summed E-state index contributed by atoms with van der Waals surface area (Å²) in [4.78, 5) is 0. The molecule has 3 heteroatoms. The fraction of sp³-hybridized carbons (Fsp3) is 0.571. The largest absolute Gasteiger partial charge is 0.467 e. The van der Waals surface area contributed by atoms with Crippen LogP contribution in [-0.4, -0.2) is 13.4 Å². The Balaban J connectivity index is 1.89. The second kappa shape index (κ2) is 5.52. The van der Waals surface area contributed by atoms with Crippen molar-refractivity contribution in [2.45, 2.75) is 32.7 Å². The lowest BCUT2D eigenvalue weighted by molar-refractivity contribution is 0.00933. The molecule has 94 valence electrons. The van der Waals surface area contributed by atoms with Crippen molar-refractivity contribution in [3.05, 3.63) is 29.3 Å². The van der Waals surface area contributed by atoms with E-state index in [2.05, 4.69) is 13.0 Å². The zero-order valence-corrected chi connectivity index (χ0v) is 10.6. The standard InChI is InChI=1S/C14H21NO2/c1-10-3-6-14(13(7-10)11(2)15)17-9-16-8-12-4-5-12/h3,6-7,11-12H,4-5,8-9,15H2,1-2H3/t11-/m1/s1. The maximum Gasteiger partial charge on any atom is 0.189 e. The van der Waals surface area contributed by atoms with Gasteiger partial charge in [-0.15, -0.1) is 0 Å². The Morgan fingerprint density at radius 3 is 2.82 bits per heavy atom. The Kier molecular flexibility index (Phi) is 4.02. The first-order valence-corrected chi connectivity index (χ1v) is 6.23. The summed E-state index contributed by atoms with van der Waals surface area (Å²) in [6.07, 6.45) is 2.60. The zero-order valence-electron chi connectivity index (χ0n) is 10.6. The number of hydrogen-bond acceptors (Lipinski definition) is 3. The molecule has 1 aliphatic rings. The van der Waals surface area contributed by atoms with Gasteiger partial charge >= 0.3 is 0 Å². The number of hydrogen-bond donors (Lipinski definition) is 1. The molecule has 0 unspecified atom stereocenters. The summed E-state index contributed by atoms with van der Waals surface area (Å²) in [7, 11) is 0. The van der Waals surface area contributed by atoms with Gasteiger partial charge in [0.05, 0.1) is 6.61 Å². The molecule has 2 rings (SSSR count). The van der Waals surface area contributed by atoms with Gasteiger partial charge in [0, 0.05) is 11.6 Å². The van der Waals surface area contributed by atoms with Crippen LogP contribution in [0.15, 0.2) is 18.2 Å². The van der Waals surface area contributed by atoms with Crippen molar-refractivity contribution in [1.82, 2.24) is 0 Å². The molecule has 0 aromatic heterocycles. The molecule has 0 bridgehead atoms. The highest BCUT2D eigenvalue weighted by molar-refractivity contribution is 5.38. The van der Waals surface area contributed by atoms with Crippen LogP contribution in [0.3, 0.4) is 0 Å². The van der Waals surface area contributed by atoms with Crippen LogP contribution in [0.1, 0.15) is 36.9 Å². The van der Waals surface area contributed by atoms with Crippen molar-refractivity contribution in [1.29, 1.82) is 0 Å². The molecule has 1 atom stereocenters. The van der Waals surface area contributed by atoms with E-state index in [1.54, 1.807) is 0 Å². The van der Waals surface area contributed by atoms with E-state index in [-0.39, 0.29) is 6.04 Å².